The van der Waals surface area contributed by atoms with E-state index in [1.165, 1.54) is 12.1 Å². The van der Waals surface area contributed by atoms with Crippen LogP contribution >= 0.6 is 0 Å². The Morgan fingerprint density at radius 3 is 2.81 bits per heavy atom. The molecule has 0 spiro atoms. The molecule has 1 aromatic carbocycles. The zero-order chi connectivity index (χ0) is 11.8. The third kappa shape index (κ3) is 4.91. The normalized spacial score (nSPS) is 10.1. The molecule has 0 aliphatic carbocycles. The molecule has 0 fully saturated rings. The van der Waals surface area contributed by atoms with E-state index in [2.05, 4.69) is 12.2 Å². The predicted octanol–water partition coefficient (Wildman–Crippen LogP) is 3.73. The van der Waals surface area contributed by atoms with Gasteiger partial charge in [-0.1, -0.05) is 32.3 Å². The van der Waals surface area contributed by atoms with E-state index < -0.39 is 0 Å². The van der Waals surface area contributed by atoms with Crippen molar-refractivity contribution in [3.63, 3.8) is 0 Å². The molecular formula is C13H18FNO. The zero-order valence-corrected chi connectivity index (χ0v) is 9.63. The first kappa shape index (κ1) is 12.7. The Labute approximate surface area is 95.9 Å². The highest BCUT2D eigenvalue weighted by Crippen LogP contribution is 2.10. The van der Waals surface area contributed by atoms with Crippen LogP contribution in [0.5, 0.6) is 0 Å². The second-order valence-electron chi connectivity index (χ2n) is 3.87. The topological polar surface area (TPSA) is 29.1 Å². The van der Waals surface area contributed by atoms with Crippen molar-refractivity contribution in [1.29, 1.82) is 0 Å². The highest BCUT2D eigenvalue weighted by Gasteiger charge is 2.02. The third-order valence-electron chi connectivity index (χ3n) is 2.37. The maximum Gasteiger partial charge on any atom is 0.224 e. The molecule has 2 nitrogen and oxygen atoms in total. The Morgan fingerprint density at radius 1 is 1.31 bits per heavy atom. The number of carbonyl (C=O) groups is 1. The van der Waals surface area contributed by atoms with Crippen LogP contribution in [0.4, 0.5) is 10.1 Å². The van der Waals surface area contributed by atoms with Crippen LogP contribution in [0.25, 0.3) is 0 Å². The summed E-state index contributed by atoms with van der Waals surface area (Å²) in [5, 5.41) is 2.68. The van der Waals surface area contributed by atoms with Gasteiger partial charge in [-0.25, -0.2) is 4.39 Å². The van der Waals surface area contributed by atoms with Crippen molar-refractivity contribution in [1.82, 2.24) is 0 Å². The quantitative estimate of drug-likeness (QED) is 0.731. The van der Waals surface area contributed by atoms with Gasteiger partial charge in [0.15, 0.2) is 0 Å². The van der Waals surface area contributed by atoms with E-state index in [0.29, 0.717) is 12.1 Å². The zero-order valence-electron chi connectivity index (χ0n) is 9.63. The smallest absolute Gasteiger partial charge is 0.224 e. The average molecular weight is 223 g/mol. The number of nitrogens with one attached hydrogen (secondary N) is 1. The van der Waals surface area contributed by atoms with E-state index in [4.69, 9.17) is 0 Å². The SMILES string of the molecule is CCCCCCC(=O)Nc1cccc(F)c1. The molecule has 0 unspecified atom stereocenters. The summed E-state index contributed by atoms with van der Waals surface area (Å²) < 4.78 is 12.8. The number of benzene rings is 1. The van der Waals surface area contributed by atoms with E-state index >= 15 is 0 Å². The molecule has 0 aromatic heterocycles. The molecule has 0 saturated heterocycles. The molecule has 1 amide bonds. The lowest BCUT2D eigenvalue weighted by Crippen LogP contribution is -2.11. The number of hydrogen-bond donors (Lipinski definition) is 1. The molecule has 1 aromatic rings. The van der Waals surface area contributed by atoms with E-state index in [-0.39, 0.29) is 11.7 Å². The van der Waals surface area contributed by atoms with Crippen LogP contribution in [0, 0.1) is 5.82 Å². The molecular weight excluding hydrogens is 205 g/mol. The molecule has 1 N–H and O–H groups in total. The fourth-order valence-electron chi connectivity index (χ4n) is 1.50. The van der Waals surface area contributed by atoms with Gasteiger partial charge in [0.05, 0.1) is 0 Å². The van der Waals surface area contributed by atoms with Crippen LogP contribution in [0.15, 0.2) is 24.3 Å². The van der Waals surface area contributed by atoms with Crippen molar-refractivity contribution in [2.24, 2.45) is 0 Å². The number of unbranched alkanes of at least 4 members (excludes halogenated alkanes) is 3. The second-order valence-corrected chi connectivity index (χ2v) is 3.87. The molecule has 0 aliphatic rings. The van der Waals surface area contributed by atoms with Gasteiger partial charge < -0.3 is 5.32 Å². The summed E-state index contributed by atoms with van der Waals surface area (Å²) in [5.41, 5.74) is 0.528. The maximum absolute atomic E-state index is 12.8. The van der Waals surface area contributed by atoms with Gasteiger partial charge in [-0.05, 0) is 24.6 Å². The van der Waals surface area contributed by atoms with Crippen molar-refractivity contribution in [2.75, 3.05) is 5.32 Å². The summed E-state index contributed by atoms with van der Waals surface area (Å²) in [4.78, 5) is 11.5. The summed E-state index contributed by atoms with van der Waals surface area (Å²) in [7, 11) is 0. The molecule has 0 aliphatic heterocycles. The lowest BCUT2D eigenvalue weighted by Gasteiger charge is -2.04. The van der Waals surface area contributed by atoms with Crippen LogP contribution in [0.2, 0.25) is 0 Å². The number of carbonyl (C=O) groups excluding carboxylic acids is 1. The Kier molecular flexibility index (Phi) is 5.54. The molecule has 3 heteroatoms. The fourth-order valence-corrected chi connectivity index (χ4v) is 1.50. The summed E-state index contributed by atoms with van der Waals surface area (Å²) >= 11 is 0. The van der Waals surface area contributed by atoms with Crippen molar-refractivity contribution in [3.8, 4) is 0 Å². The molecule has 0 radical (unpaired) electrons. The average Bonchev–Trinajstić information content (AvgIpc) is 2.24. The first-order valence-electron chi connectivity index (χ1n) is 5.78. The van der Waals surface area contributed by atoms with E-state index in [1.54, 1.807) is 12.1 Å². The largest absolute Gasteiger partial charge is 0.326 e. The first-order valence-corrected chi connectivity index (χ1v) is 5.78. The maximum atomic E-state index is 12.8. The number of rotatable bonds is 6. The van der Waals surface area contributed by atoms with Crippen LogP contribution in [0.3, 0.4) is 0 Å². The Hall–Kier alpha value is -1.38. The van der Waals surface area contributed by atoms with Gasteiger partial charge in [-0.2, -0.15) is 0 Å². The van der Waals surface area contributed by atoms with E-state index in [0.717, 1.165) is 25.7 Å². The first-order chi connectivity index (χ1) is 7.72. The lowest BCUT2D eigenvalue weighted by atomic mass is 10.1. The molecule has 16 heavy (non-hydrogen) atoms. The fraction of sp³-hybridized carbons (Fsp3) is 0.462. The van der Waals surface area contributed by atoms with Crippen LogP contribution in [-0.2, 0) is 4.79 Å². The molecule has 0 bridgehead atoms. The van der Waals surface area contributed by atoms with Crippen molar-refractivity contribution < 1.29 is 9.18 Å². The molecule has 1 rings (SSSR count). The monoisotopic (exact) mass is 223 g/mol. The summed E-state index contributed by atoms with van der Waals surface area (Å²) in [6.45, 7) is 2.13. The van der Waals surface area contributed by atoms with Crippen molar-refractivity contribution in [3.05, 3.63) is 30.1 Å². The van der Waals surface area contributed by atoms with Crippen molar-refractivity contribution >= 4 is 11.6 Å². The third-order valence-corrected chi connectivity index (χ3v) is 2.37. The minimum atomic E-state index is -0.330. The van der Waals surface area contributed by atoms with Gasteiger partial charge in [0, 0.05) is 12.1 Å². The highest BCUT2D eigenvalue weighted by atomic mass is 19.1. The van der Waals surface area contributed by atoms with Gasteiger partial charge in [0.1, 0.15) is 5.82 Å². The highest BCUT2D eigenvalue weighted by molar-refractivity contribution is 5.90. The van der Waals surface area contributed by atoms with Crippen LogP contribution in [0.1, 0.15) is 39.0 Å². The van der Waals surface area contributed by atoms with Gasteiger partial charge in [-0.3, -0.25) is 4.79 Å². The minimum Gasteiger partial charge on any atom is -0.326 e. The number of hydrogen-bond acceptors (Lipinski definition) is 1. The summed E-state index contributed by atoms with van der Waals surface area (Å²) in [6.07, 6.45) is 4.80. The lowest BCUT2D eigenvalue weighted by molar-refractivity contribution is -0.116. The standard InChI is InChI=1S/C13H18FNO/c1-2-3-4-5-9-13(16)15-12-8-6-7-11(14)10-12/h6-8,10H,2-5,9H2,1H3,(H,15,16). The Balaban J connectivity index is 2.29. The number of anilines is 1. The summed E-state index contributed by atoms with van der Waals surface area (Å²) in [6, 6.07) is 5.95. The minimum absolute atomic E-state index is 0.0401. The van der Waals surface area contributed by atoms with E-state index in [9.17, 15) is 9.18 Å². The number of halogens is 1. The molecule has 88 valence electrons. The van der Waals surface area contributed by atoms with Gasteiger partial charge >= 0.3 is 0 Å². The van der Waals surface area contributed by atoms with Gasteiger partial charge in [-0.15, -0.1) is 0 Å². The second kappa shape index (κ2) is 6.99. The van der Waals surface area contributed by atoms with Gasteiger partial charge in [0.2, 0.25) is 5.91 Å². The molecule has 0 saturated carbocycles. The molecule has 0 atom stereocenters. The Bertz CT molecular complexity index is 338. The predicted molar refractivity (Wildman–Crippen MR) is 63.8 cm³/mol. The van der Waals surface area contributed by atoms with Crippen molar-refractivity contribution in [2.45, 2.75) is 39.0 Å². The van der Waals surface area contributed by atoms with Gasteiger partial charge in [0.25, 0.3) is 0 Å². The number of amides is 1. The molecule has 0 heterocycles. The van der Waals surface area contributed by atoms with Crippen LogP contribution in [-0.4, -0.2) is 5.91 Å². The van der Waals surface area contributed by atoms with E-state index in [1.807, 2.05) is 0 Å². The van der Waals surface area contributed by atoms with Crippen LogP contribution < -0.4 is 5.32 Å². The Morgan fingerprint density at radius 2 is 2.12 bits per heavy atom. The summed E-state index contributed by atoms with van der Waals surface area (Å²) in [5.74, 6) is -0.370.